The Morgan fingerprint density at radius 2 is 1.85 bits per heavy atom. The number of anilines is 1. The summed E-state index contributed by atoms with van der Waals surface area (Å²) in [5.74, 6) is 0.00922. The number of fused-ring (bicyclic) bond motifs is 1. The molecule has 2 aromatic carbocycles. The molecular weight excluding hydrogens is 450 g/mol. The summed E-state index contributed by atoms with van der Waals surface area (Å²) < 4.78 is 27.4. The molecule has 1 aliphatic carbocycles. The molecule has 34 heavy (non-hydrogen) atoms. The lowest BCUT2D eigenvalue weighted by molar-refractivity contribution is -0.125. The van der Waals surface area contributed by atoms with Crippen LogP contribution in [0.3, 0.4) is 0 Å². The first-order chi connectivity index (χ1) is 16.2. The molecular formula is C26H33N3O4S. The highest BCUT2D eigenvalue weighted by molar-refractivity contribution is 7.89. The van der Waals surface area contributed by atoms with Gasteiger partial charge in [-0.3, -0.25) is 9.59 Å². The zero-order valence-corrected chi connectivity index (χ0v) is 20.8. The van der Waals surface area contributed by atoms with E-state index in [0.717, 1.165) is 40.4 Å². The third-order valence-corrected chi connectivity index (χ3v) is 8.81. The van der Waals surface area contributed by atoms with Gasteiger partial charge < -0.3 is 10.2 Å². The molecule has 2 atom stereocenters. The van der Waals surface area contributed by atoms with Crippen LogP contribution in [-0.4, -0.2) is 50.7 Å². The SMILES string of the molecule is C[C@@H](CNC(=O)CN(C)S(=O)(=O)c1ccc2c(c1)C[C@H](C)N2C(=O)C1CCC1)c1ccccc1. The second-order valence-electron chi connectivity index (χ2n) is 9.56. The van der Waals surface area contributed by atoms with Crippen LogP contribution in [0.15, 0.2) is 53.4 Å². The molecule has 0 saturated heterocycles. The molecule has 7 nitrogen and oxygen atoms in total. The first-order valence-electron chi connectivity index (χ1n) is 11.9. The van der Waals surface area contributed by atoms with Gasteiger partial charge in [-0.25, -0.2) is 8.42 Å². The summed E-state index contributed by atoms with van der Waals surface area (Å²) in [5, 5.41) is 2.83. The van der Waals surface area contributed by atoms with Gasteiger partial charge in [0.05, 0.1) is 11.4 Å². The fraction of sp³-hybridized carbons (Fsp3) is 0.462. The van der Waals surface area contributed by atoms with Crippen molar-refractivity contribution in [3.05, 3.63) is 59.7 Å². The van der Waals surface area contributed by atoms with Crippen LogP contribution in [0.5, 0.6) is 0 Å². The van der Waals surface area contributed by atoms with Crippen molar-refractivity contribution in [3.8, 4) is 0 Å². The fourth-order valence-electron chi connectivity index (χ4n) is 4.65. The van der Waals surface area contributed by atoms with E-state index in [1.165, 1.54) is 7.05 Å². The van der Waals surface area contributed by atoms with Crippen molar-refractivity contribution in [2.45, 2.75) is 56.4 Å². The summed E-state index contributed by atoms with van der Waals surface area (Å²) in [6.07, 6.45) is 3.58. The van der Waals surface area contributed by atoms with Crippen LogP contribution in [0.25, 0.3) is 0 Å². The number of amides is 2. The Balaban J connectivity index is 1.40. The van der Waals surface area contributed by atoms with E-state index in [-0.39, 0.29) is 41.1 Å². The van der Waals surface area contributed by atoms with Crippen LogP contribution in [0, 0.1) is 5.92 Å². The predicted molar refractivity (Wildman–Crippen MR) is 132 cm³/mol. The maximum absolute atomic E-state index is 13.2. The quantitative estimate of drug-likeness (QED) is 0.624. The third kappa shape index (κ3) is 4.88. The number of benzene rings is 2. The molecule has 0 aromatic heterocycles. The van der Waals surface area contributed by atoms with Gasteiger partial charge >= 0.3 is 0 Å². The van der Waals surface area contributed by atoms with E-state index in [9.17, 15) is 18.0 Å². The lowest BCUT2D eigenvalue weighted by atomic mass is 9.84. The summed E-state index contributed by atoms with van der Waals surface area (Å²) in [4.78, 5) is 27.3. The number of carbonyl (C=O) groups is 2. The highest BCUT2D eigenvalue weighted by atomic mass is 32.2. The summed E-state index contributed by atoms with van der Waals surface area (Å²) in [7, 11) is -2.43. The van der Waals surface area contributed by atoms with Gasteiger partial charge in [0.15, 0.2) is 0 Å². The van der Waals surface area contributed by atoms with Gasteiger partial charge in [0.2, 0.25) is 21.8 Å². The van der Waals surface area contributed by atoms with Gasteiger partial charge in [0, 0.05) is 31.2 Å². The van der Waals surface area contributed by atoms with Crippen molar-refractivity contribution in [1.82, 2.24) is 9.62 Å². The Kier molecular flexibility index (Phi) is 7.09. The number of likely N-dealkylation sites (N-methyl/N-ethyl adjacent to an activating group) is 1. The second-order valence-corrected chi connectivity index (χ2v) is 11.6. The minimum absolute atomic E-state index is 0.0103. The van der Waals surface area contributed by atoms with Crippen LogP contribution in [0.2, 0.25) is 0 Å². The normalized spacial score (nSPS) is 18.9. The molecule has 1 aliphatic heterocycles. The number of nitrogens with one attached hydrogen (secondary N) is 1. The molecule has 8 heteroatoms. The average Bonchev–Trinajstić information content (AvgIpc) is 3.11. The molecule has 1 N–H and O–H groups in total. The first kappa shape index (κ1) is 24.4. The number of sulfonamides is 1. The zero-order chi connectivity index (χ0) is 24.5. The van der Waals surface area contributed by atoms with Gasteiger partial charge in [0.25, 0.3) is 0 Å². The van der Waals surface area contributed by atoms with E-state index in [2.05, 4.69) is 5.32 Å². The van der Waals surface area contributed by atoms with E-state index >= 15 is 0 Å². The van der Waals surface area contributed by atoms with Crippen LogP contribution >= 0.6 is 0 Å². The first-order valence-corrected chi connectivity index (χ1v) is 13.4. The second kappa shape index (κ2) is 9.88. The highest BCUT2D eigenvalue weighted by Gasteiger charge is 2.37. The van der Waals surface area contributed by atoms with Crippen molar-refractivity contribution in [3.63, 3.8) is 0 Å². The monoisotopic (exact) mass is 483 g/mol. The molecule has 1 saturated carbocycles. The van der Waals surface area contributed by atoms with Crippen molar-refractivity contribution in [2.75, 3.05) is 25.0 Å². The molecule has 1 fully saturated rings. The zero-order valence-electron chi connectivity index (χ0n) is 20.0. The lowest BCUT2D eigenvalue weighted by Gasteiger charge is -2.32. The van der Waals surface area contributed by atoms with Crippen LogP contribution in [-0.2, 0) is 26.0 Å². The van der Waals surface area contributed by atoms with Gasteiger partial charge in [-0.1, -0.05) is 43.7 Å². The van der Waals surface area contributed by atoms with E-state index < -0.39 is 10.0 Å². The van der Waals surface area contributed by atoms with Gasteiger partial charge in [0.1, 0.15) is 0 Å². The van der Waals surface area contributed by atoms with Crippen LogP contribution in [0.1, 0.15) is 50.2 Å². The number of rotatable bonds is 8. The van der Waals surface area contributed by atoms with Crippen LogP contribution in [0.4, 0.5) is 5.69 Å². The molecule has 1 heterocycles. The lowest BCUT2D eigenvalue weighted by Crippen LogP contribution is -2.42. The van der Waals surface area contributed by atoms with Crippen LogP contribution < -0.4 is 10.2 Å². The summed E-state index contributed by atoms with van der Waals surface area (Å²) >= 11 is 0. The number of carbonyl (C=O) groups excluding carboxylic acids is 2. The summed E-state index contributed by atoms with van der Waals surface area (Å²) in [5.41, 5.74) is 2.77. The molecule has 2 amide bonds. The molecule has 0 radical (unpaired) electrons. The standard InChI is InChI=1S/C26H33N3O4S/c1-18(20-8-5-4-6-9-20)16-27-25(30)17-28(3)34(32,33)23-12-13-24-22(15-23)14-19(2)29(24)26(31)21-10-7-11-21/h4-6,8-9,12-13,15,18-19,21H,7,10-11,14,16-17H2,1-3H3,(H,27,30)/t18-,19-/m0/s1. The Hall–Kier alpha value is -2.71. The minimum atomic E-state index is -3.84. The average molecular weight is 484 g/mol. The summed E-state index contributed by atoms with van der Waals surface area (Å²) in [6.45, 7) is 4.18. The molecule has 2 aromatic rings. The largest absolute Gasteiger partial charge is 0.354 e. The van der Waals surface area contributed by atoms with Crippen molar-refractivity contribution >= 4 is 27.5 Å². The van der Waals surface area contributed by atoms with Crippen molar-refractivity contribution in [1.29, 1.82) is 0 Å². The molecule has 182 valence electrons. The maximum atomic E-state index is 13.2. The Labute approximate surface area is 202 Å². The minimum Gasteiger partial charge on any atom is -0.354 e. The van der Waals surface area contributed by atoms with Gasteiger partial charge in [-0.15, -0.1) is 0 Å². The van der Waals surface area contributed by atoms with E-state index in [1.807, 2.05) is 49.1 Å². The number of hydrogen-bond acceptors (Lipinski definition) is 4. The molecule has 0 spiro atoms. The topological polar surface area (TPSA) is 86.8 Å². The fourth-order valence-corrected chi connectivity index (χ4v) is 5.82. The maximum Gasteiger partial charge on any atom is 0.243 e. The molecule has 0 bridgehead atoms. The Morgan fingerprint density at radius 1 is 1.15 bits per heavy atom. The Bertz CT molecular complexity index is 1160. The smallest absolute Gasteiger partial charge is 0.243 e. The molecule has 0 unspecified atom stereocenters. The highest BCUT2D eigenvalue weighted by Crippen LogP contribution is 2.38. The van der Waals surface area contributed by atoms with E-state index in [4.69, 9.17) is 0 Å². The van der Waals surface area contributed by atoms with Crippen molar-refractivity contribution in [2.24, 2.45) is 5.92 Å². The Morgan fingerprint density at radius 3 is 2.50 bits per heavy atom. The predicted octanol–water partition coefficient (Wildman–Crippen LogP) is 3.30. The van der Waals surface area contributed by atoms with Crippen molar-refractivity contribution < 1.29 is 18.0 Å². The van der Waals surface area contributed by atoms with E-state index in [0.29, 0.717) is 13.0 Å². The third-order valence-electron chi connectivity index (χ3n) is 7.01. The van der Waals surface area contributed by atoms with Gasteiger partial charge in [-0.05, 0) is 61.4 Å². The molecule has 4 rings (SSSR count). The van der Waals surface area contributed by atoms with E-state index in [1.54, 1.807) is 18.2 Å². The number of nitrogens with zero attached hydrogens (tertiary/aromatic N) is 2. The molecule has 2 aliphatic rings. The van der Waals surface area contributed by atoms with Gasteiger partial charge in [-0.2, -0.15) is 4.31 Å². The number of hydrogen-bond donors (Lipinski definition) is 1. The summed E-state index contributed by atoms with van der Waals surface area (Å²) in [6, 6.07) is 14.8.